The Morgan fingerprint density at radius 2 is 2.14 bits per heavy atom. The maximum atomic E-state index is 13.4. The van der Waals surface area contributed by atoms with Crippen molar-refractivity contribution in [3.8, 4) is 0 Å². The van der Waals surface area contributed by atoms with Crippen molar-refractivity contribution in [1.82, 2.24) is 9.88 Å². The molecule has 2 aromatic rings. The Kier molecular flexibility index (Phi) is 5.19. The van der Waals surface area contributed by atoms with Crippen molar-refractivity contribution in [2.75, 3.05) is 33.9 Å². The van der Waals surface area contributed by atoms with E-state index < -0.39 is 5.41 Å². The summed E-state index contributed by atoms with van der Waals surface area (Å²) in [5, 5.41) is 1.26. The lowest BCUT2D eigenvalue weighted by Crippen LogP contribution is -2.67. The second kappa shape index (κ2) is 7.36. The topological polar surface area (TPSA) is 54.6 Å². The molecule has 6 heteroatoms. The first-order valence-electron chi connectivity index (χ1n) is 10.1. The van der Waals surface area contributed by atoms with Gasteiger partial charge in [0, 0.05) is 49.4 Å². The molecule has 3 aliphatic heterocycles. The average Bonchev–Trinajstić information content (AvgIpc) is 3.04. The number of halogens is 1. The highest BCUT2D eigenvalue weighted by Crippen LogP contribution is 2.55. The van der Waals surface area contributed by atoms with E-state index >= 15 is 0 Å². The van der Waals surface area contributed by atoms with Gasteiger partial charge in [-0.15, -0.1) is 12.4 Å². The molecule has 0 radical (unpaired) electrons. The first-order chi connectivity index (χ1) is 13.2. The molecule has 0 spiro atoms. The van der Waals surface area contributed by atoms with Crippen LogP contribution in [-0.4, -0.2) is 55.8 Å². The van der Waals surface area contributed by atoms with Crippen molar-refractivity contribution < 1.29 is 14.3 Å². The lowest BCUT2D eigenvalue weighted by Gasteiger charge is -2.58. The molecule has 4 bridgehead atoms. The van der Waals surface area contributed by atoms with E-state index in [0.717, 1.165) is 50.2 Å². The highest BCUT2D eigenvalue weighted by atomic mass is 35.5. The normalized spacial score (nSPS) is 33.1. The van der Waals surface area contributed by atoms with Gasteiger partial charge < -0.3 is 14.5 Å². The number of esters is 1. The number of rotatable bonds is 4. The van der Waals surface area contributed by atoms with Crippen LogP contribution in [0.15, 0.2) is 24.3 Å². The fourth-order valence-corrected chi connectivity index (χ4v) is 6.42. The lowest BCUT2D eigenvalue weighted by atomic mass is 9.56. The standard InChI is InChI=1S/C22H28N2O3.ClH/c1-26-10-8-15-11-14-12-22(21(25)27-2)19-17(7-9-24(13-14)20(15)22)16-5-3-4-6-18(16)23-19;/h3-6,14-15,20,23H,7-13H2,1-2H3;1H/t14-,15-,20-,22+;/m0./s1. The van der Waals surface area contributed by atoms with Crippen LogP contribution in [0.3, 0.4) is 0 Å². The number of aromatic nitrogens is 1. The zero-order chi connectivity index (χ0) is 18.6. The van der Waals surface area contributed by atoms with Crippen LogP contribution in [0.4, 0.5) is 0 Å². The minimum atomic E-state index is -0.584. The number of carbonyl (C=O) groups excluding carboxylic acids is 1. The number of H-pyrrole nitrogens is 1. The second-order valence-corrected chi connectivity index (χ2v) is 8.52. The number of para-hydroxylation sites is 1. The maximum Gasteiger partial charge on any atom is 0.319 e. The van der Waals surface area contributed by atoms with Crippen molar-refractivity contribution in [2.24, 2.45) is 11.8 Å². The first kappa shape index (κ1) is 19.7. The van der Waals surface area contributed by atoms with Crippen LogP contribution < -0.4 is 0 Å². The summed E-state index contributed by atoms with van der Waals surface area (Å²) in [5.41, 5.74) is 2.99. The fourth-order valence-electron chi connectivity index (χ4n) is 6.42. The third kappa shape index (κ3) is 2.63. The van der Waals surface area contributed by atoms with Crippen molar-refractivity contribution in [2.45, 2.75) is 37.1 Å². The van der Waals surface area contributed by atoms with E-state index in [2.05, 4.69) is 34.1 Å². The van der Waals surface area contributed by atoms with Gasteiger partial charge in [0.05, 0.1) is 7.11 Å². The van der Waals surface area contributed by atoms with E-state index in [0.29, 0.717) is 11.8 Å². The summed E-state index contributed by atoms with van der Waals surface area (Å²) in [6.45, 7) is 2.87. The Hall–Kier alpha value is -1.56. The molecule has 1 aromatic carbocycles. The van der Waals surface area contributed by atoms with Crippen LogP contribution in [0.5, 0.6) is 0 Å². The summed E-state index contributed by atoms with van der Waals surface area (Å²) >= 11 is 0. The number of carbonyl (C=O) groups is 1. The van der Waals surface area contributed by atoms with E-state index in [1.807, 2.05) is 0 Å². The Bertz CT molecular complexity index is 882. The molecule has 1 aromatic heterocycles. The van der Waals surface area contributed by atoms with Gasteiger partial charge in [-0.05, 0) is 49.1 Å². The van der Waals surface area contributed by atoms with Gasteiger partial charge in [-0.3, -0.25) is 9.69 Å². The van der Waals surface area contributed by atoms with E-state index in [4.69, 9.17) is 9.47 Å². The van der Waals surface area contributed by atoms with Gasteiger partial charge in [0.25, 0.3) is 0 Å². The van der Waals surface area contributed by atoms with Crippen LogP contribution in [0.1, 0.15) is 30.5 Å². The Morgan fingerprint density at radius 3 is 2.93 bits per heavy atom. The number of hydrogen-bond donors (Lipinski definition) is 1. The van der Waals surface area contributed by atoms with E-state index in [9.17, 15) is 4.79 Å². The molecule has 1 N–H and O–H groups in total. The second-order valence-electron chi connectivity index (χ2n) is 8.52. The predicted molar refractivity (Wildman–Crippen MR) is 111 cm³/mol. The SMILES string of the molecule is COCC[C@H]1C[C@@H]2CN3CCc4c([nH]c5ccccc45)[C@](C(=O)OC)(C2)[C@H]13.Cl. The molecule has 1 saturated carbocycles. The van der Waals surface area contributed by atoms with Gasteiger partial charge in [0.15, 0.2) is 0 Å². The van der Waals surface area contributed by atoms with Gasteiger partial charge in [-0.1, -0.05) is 18.2 Å². The van der Waals surface area contributed by atoms with Gasteiger partial charge >= 0.3 is 5.97 Å². The molecule has 152 valence electrons. The van der Waals surface area contributed by atoms with Gasteiger partial charge in [0.1, 0.15) is 5.41 Å². The first-order valence-corrected chi connectivity index (χ1v) is 10.1. The molecular weight excluding hydrogens is 376 g/mol. The highest BCUT2D eigenvalue weighted by molar-refractivity contribution is 5.91. The third-order valence-corrected chi connectivity index (χ3v) is 7.24. The largest absolute Gasteiger partial charge is 0.468 e. The summed E-state index contributed by atoms with van der Waals surface area (Å²) in [7, 11) is 3.31. The van der Waals surface area contributed by atoms with Crippen molar-refractivity contribution in [3.05, 3.63) is 35.5 Å². The molecule has 1 aliphatic carbocycles. The molecule has 2 saturated heterocycles. The van der Waals surface area contributed by atoms with Crippen LogP contribution in [0, 0.1) is 11.8 Å². The van der Waals surface area contributed by atoms with Crippen molar-refractivity contribution in [3.63, 3.8) is 0 Å². The minimum absolute atomic E-state index is 0. The zero-order valence-corrected chi connectivity index (χ0v) is 17.4. The molecule has 4 heterocycles. The van der Waals surface area contributed by atoms with E-state index in [-0.39, 0.29) is 24.4 Å². The number of nitrogens with zero attached hydrogens (tertiary/aromatic N) is 1. The van der Waals surface area contributed by atoms with Crippen molar-refractivity contribution in [1.29, 1.82) is 0 Å². The number of piperidine rings is 2. The maximum absolute atomic E-state index is 13.4. The number of aromatic amines is 1. The van der Waals surface area contributed by atoms with Crippen LogP contribution in [-0.2, 0) is 26.1 Å². The monoisotopic (exact) mass is 404 g/mol. The Balaban J connectivity index is 0.00000192. The van der Waals surface area contributed by atoms with Gasteiger partial charge in [0.2, 0.25) is 0 Å². The lowest BCUT2D eigenvalue weighted by molar-refractivity contribution is -0.162. The molecule has 1 unspecified atom stereocenters. The van der Waals surface area contributed by atoms with Gasteiger partial charge in [-0.25, -0.2) is 0 Å². The summed E-state index contributed by atoms with van der Waals surface area (Å²) < 4.78 is 10.9. The Labute approximate surface area is 172 Å². The number of methoxy groups -OCH3 is 2. The zero-order valence-electron chi connectivity index (χ0n) is 16.6. The fraction of sp³-hybridized carbons (Fsp3) is 0.591. The minimum Gasteiger partial charge on any atom is -0.468 e. The summed E-state index contributed by atoms with van der Waals surface area (Å²) in [6, 6.07) is 8.65. The summed E-state index contributed by atoms with van der Waals surface area (Å²) in [5.74, 6) is 0.932. The average molecular weight is 405 g/mol. The molecule has 5 nitrogen and oxygen atoms in total. The number of nitrogens with one attached hydrogen (secondary N) is 1. The quantitative estimate of drug-likeness (QED) is 0.794. The van der Waals surface area contributed by atoms with Crippen LogP contribution in [0.2, 0.25) is 0 Å². The smallest absolute Gasteiger partial charge is 0.319 e. The molecule has 0 amide bonds. The number of hydrogen-bond acceptors (Lipinski definition) is 4. The van der Waals surface area contributed by atoms with Gasteiger partial charge in [-0.2, -0.15) is 0 Å². The highest BCUT2D eigenvalue weighted by Gasteiger charge is 2.62. The molecule has 5 atom stereocenters. The van der Waals surface area contributed by atoms with Crippen LogP contribution >= 0.6 is 12.4 Å². The number of fused-ring (bicyclic) bond motifs is 4. The summed E-state index contributed by atoms with van der Waals surface area (Å²) in [4.78, 5) is 19.7. The molecule has 3 fully saturated rings. The summed E-state index contributed by atoms with van der Waals surface area (Å²) in [6.07, 6.45) is 4.07. The molecule has 6 rings (SSSR count). The predicted octanol–water partition coefficient (Wildman–Crippen LogP) is 3.30. The van der Waals surface area contributed by atoms with Crippen molar-refractivity contribution >= 4 is 29.3 Å². The number of ether oxygens (including phenoxy) is 2. The molecule has 28 heavy (non-hydrogen) atoms. The molecule has 4 aliphatic rings. The van der Waals surface area contributed by atoms with Crippen LogP contribution in [0.25, 0.3) is 10.9 Å². The third-order valence-electron chi connectivity index (χ3n) is 7.24. The van der Waals surface area contributed by atoms with E-state index in [1.165, 1.54) is 17.4 Å². The molecular formula is C22H29ClN2O3. The number of benzene rings is 1. The van der Waals surface area contributed by atoms with E-state index in [1.54, 1.807) is 14.2 Å². The Morgan fingerprint density at radius 1 is 1.32 bits per heavy atom.